The van der Waals surface area contributed by atoms with Crippen LogP contribution in [0.25, 0.3) is 0 Å². The Morgan fingerprint density at radius 1 is 0.533 bits per heavy atom. The minimum Gasteiger partial charge on any atom is -0.252 e. The maximum Gasteiger partial charge on any atom is 0.0668 e. The van der Waals surface area contributed by atoms with Crippen LogP contribution in [0.15, 0.2) is 46.4 Å². The number of hydrogen-bond acceptors (Lipinski definition) is 2. The molecule has 0 amide bonds. The van der Waals surface area contributed by atoms with Gasteiger partial charge < -0.3 is 0 Å². The zero-order valence-corrected chi connectivity index (χ0v) is 20.7. The topological polar surface area (TPSA) is 24.7 Å². The van der Waals surface area contributed by atoms with Gasteiger partial charge in [0.2, 0.25) is 0 Å². The van der Waals surface area contributed by atoms with Crippen molar-refractivity contribution in [1.82, 2.24) is 0 Å². The standard InChI is InChI=1S/C28H40N2/c1-17(2)23-11-13-27(25(15-23)19(5)6)29-21(9)22(10)30-28-14-12-24(18(3)4)16-26(28)20(7)8/h11-20H,1-10H3. The van der Waals surface area contributed by atoms with Crippen molar-refractivity contribution in [2.45, 2.75) is 92.9 Å². The van der Waals surface area contributed by atoms with Gasteiger partial charge in [0.05, 0.1) is 22.8 Å². The van der Waals surface area contributed by atoms with E-state index in [1.807, 2.05) is 0 Å². The molecule has 0 saturated heterocycles. The van der Waals surface area contributed by atoms with Gasteiger partial charge in [-0.2, -0.15) is 0 Å². The fraction of sp³-hybridized carbons (Fsp3) is 0.500. The number of nitrogens with zero attached hydrogens (tertiary/aromatic N) is 2. The lowest BCUT2D eigenvalue weighted by Crippen LogP contribution is -2.06. The molecular weight excluding hydrogens is 364 g/mol. The first-order valence-corrected chi connectivity index (χ1v) is 11.4. The average Bonchev–Trinajstić information content (AvgIpc) is 2.67. The second-order valence-electron chi connectivity index (χ2n) is 9.65. The van der Waals surface area contributed by atoms with Crippen molar-refractivity contribution in [3.8, 4) is 0 Å². The third-order valence-electron chi connectivity index (χ3n) is 5.78. The normalized spacial score (nSPS) is 13.3. The van der Waals surface area contributed by atoms with Crippen molar-refractivity contribution >= 4 is 22.8 Å². The van der Waals surface area contributed by atoms with Gasteiger partial charge in [0.1, 0.15) is 0 Å². The van der Waals surface area contributed by atoms with Crippen LogP contribution in [0, 0.1) is 0 Å². The molecule has 0 aliphatic rings. The predicted molar refractivity (Wildman–Crippen MR) is 135 cm³/mol. The predicted octanol–water partition coefficient (Wildman–Crippen LogP) is 9.07. The molecule has 0 aliphatic heterocycles. The van der Waals surface area contributed by atoms with Crippen molar-refractivity contribution in [3.63, 3.8) is 0 Å². The zero-order chi connectivity index (χ0) is 22.6. The lowest BCUT2D eigenvalue weighted by molar-refractivity contribution is 0.834. The molecule has 2 rings (SSSR count). The lowest BCUT2D eigenvalue weighted by Gasteiger charge is -2.15. The summed E-state index contributed by atoms with van der Waals surface area (Å²) in [6.45, 7) is 22.0. The van der Waals surface area contributed by atoms with Crippen LogP contribution in [-0.2, 0) is 0 Å². The third-order valence-corrected chi connectivity index (χ3v) is 5.78. The summed E-state index contributed by atoms with van der Waals surface area (Å²) in [5.74, 6) is 1.91. The van der Waals surface area contributed by atoms with Crippen LogP contribution in [0.5, 0.6) is 0 Å². The van der Waals surface area contributed by atoms with Crippen molar-refractivity contribution in [2.75, 3.05) is 0 Å². The largest absolute Gasteiger partial charge is 0.252 e. The van der Waals surface area contributed by atoms with Crippen LogP contribution in [0.4, 0.5) is 11.4 Å². The molecular formula is C28H40N2. The summed E-state index contributed by atoms with van der Waals surface area (Å²) in [6, 6.07) is 13.4. The summed E-state index contributed by atoms with van der Waals surface area (Å²) in [6.07, 6.45) is 0. The van der Waals surface area contributed by atoms with Crippen molar-refractivity contribution in [2.24, 2.45) is 9.98 Å². The maximum atomic E-state index is 4.98. The molecule has 0 radical (unpaired) electrons. The van der Waals surface area contributed by atoms with E-state index in [0.29, 0.717) is 23.7 Å². The quantitative estimate of drug-likeness (QED) is 0.411. The summed E-state index contributed by atoms with van der Waals surface area (Å²) >= 11 is 0. The summed E-state index contributed by atoms with van der Waals surface area (Å²) < 4.78 is 0. The van der Waals surface area contributed by atoms with Crippen LogP contribution in [0.1, 0.15) is 115 Å². The van der Waals surface area contributed by atoms with Gasteiger partial charge in [-0.15, -0.1) is 0 Å². The fourth-order valence-electron chi connectivity index (χ4n) is 3.52. The third kappa shape index (κ3) is 5.90. The molecule has 0 fully saturated rings. The molecule has 0 atom stereocenters. The highest BCUT2D eigenvalue weighted by Crippen LogP contribution is 2.32. The van der Waals surface area contributed by atoms with E-state index < -0.39 is 0 Å². The van der Waals surface area contributed by atoms with E-state index in [9.17, 15) is 0 Å². The van der Waals surface area contributed by atoms with Crippen LogP contribution in [0.3, 0.4) is 0 Å². The number of hydrogen-bond donors (Lipinski definition) is 0. The Bertz CT molecular complexity index is 850. The molecule has 2 heteroatoms. The first-order valence-electron chi connectivity index (χ1n) is 11.4. The van der Waals surface area contributed by atoms with Crippen LogP contribution < -0.4 is 0 Å². The molecule has 0 N–H and O–H groups in total. The Labute approximate surface area is 184 Å². The second-order valence-corrected chi connectivity index (χ2v) is 9.65. The van der Waals surface area contributed by atoms with Crippen molar-refractivity contribution < 1.29 is 0 Å². The Hall–Kier alpha value is -2.22. The van der Waals surface area contributed by atoms with Crippen molar-refractivity contribution in [1.29, 1.82) is 0 Å². The number of aliphatic imine (C=N–C) groups is 2. The Morgan fingerprint density at radius 3 is 1.13 bits per heavy atom. The minimum absolute atomic E-state index is 0.434. The molecule has 2 aromatic rings. The molecule has 0 unspecified atom stereocenters. The van der Waals surface area contributed by atoms with Gasteiger partial charge in [0.15, 0.2) is 0 Å². The summed E-state index contributed by atoms with van der Waals surface area (Å²) in [7, 11) is 0. The first-order chi connectivity index (χ1) is 14.0. The van der Waals surface area contributed by atoms with Gasteiger partial charge in [0, 0.05) is 0 Å². The number of benzene rings is 2. The lowest BCUT2D eigenvalue weighted by atomic mass is 9.94. The highest BCUT2D eigenvalue weighted by Gasteiger charge is 2.12. The highest BCUT2D eigenvalue weighted by atomic mass is 14.8. The van der Waals surface area contributed by atoms with Gasteiger partial charge in [-0.05, 0) is 71.9 Å². The van der Waals surface area contributed by atoms with Gasteiger partial charge in [0.25, 0.3) is 0 Å². The average molecular weight is 405 g/mol. The van der Waals surface area contributed by atoms with Gasteiger partial charge in [-0.3, -0.25) is 9.98 Å². The van der Waals surface area contributed by atoms with E-state index in [1.54, 1.807) is 0 Å². The SMILES string of the molecule is CC(=Nc1ccc(C(C)C)cc1C(C)C)C(C)=Nc1ccc(C(C)C)cc1C(C)C. The second kappa shape index (κ2) is 10.2. The van der Waals surface area contributed by atoms with Crippen LogP contribution in [-0.4, -0.2) is 11.4 Å². The van der Waals surface area contributed by atoms with Gasteiger partial charge in [-0.25, -0.2) is 0 Å². The van der Waals surface area contributed by atoms with Gasteiger partial charge >= 0.3 is 0 Å². The molecule has 0 bridgehead atoms. The molecule has 162 valence electrons. The molecule has 0 aliphatic carbocycles. The molecule has 2 aromatic carbocycles. The molecule has 0 heterocycles. The molecule has 0 saturated carbocycles. The maximum absolute atomic E-state index is 4.98. The van der Waals surface area contributed by atoms with Crippen LogP contribution >= 0.6 is 0 Å². The zero-order valence-electron chi connectivity index (χ0n) is 20.7. The Morgan fingerprint density at radius 2 is 0.867 bits per heavy atom. The van der Waals surface area contributed by atoms with E-state index in [-0.39, 0.29) is 0 Å². The Kier molecular flexibility index (Phi) is 8.18. The monoisotopic (exact) mass is 404 g/mol. The van der Waals surface area contributed by atoms with Gasteiger partial charge in [-0.1, -0.05) is 79.7 Å². The summed E-state index contributed by atoms with van der Waals surface area (Å²) in [5, 5.41) is 0. The van der Waals surface area contributed by atoms with Crippen LogP contribution in [0.2, 0.25) is 0 Å². The minimum atomic E-state index is 0.434. The Balaban J connectivity index is 2.46. The summed E-state index contributed by atoms with van der Waals surface area (Å²) in [5.41, 5.74) is 9.39. The van der Waals surface area contributed by atoms with E-state index in [1.165, 1.54) is 22.3 Å². The molecule has 2 nitrogen and oxygen atoms in total. The van der Waals surface area contributed by atoms with E-state index in [4.69, 9.17) is 9.98 Å². The molecule has 0 spiro atoms. The number of rotatable bonds is 7. The fourth-order valence-corrected chi connectivity index (χ4v) is 3.52. The summed E-state index contributed by atoms with van der Waals surface area (Å²) in [4.78, 5) is 9.97. The van der Waals surface area contributed by atoms with Crippen molar-refractivity contribution in [3.05, 3.63) is 58.7 Å². The van der Waals surface area contributed by atoms with E-state index in [0.717, 1.165) is 22.8 Å². The molecule has 0 aromatic heterocycles. The van der Waals surface area contributed by atoms with E-state index in [2.05, 4.69) is 106 Å². The van der Waals surface area contributed by atoms with E-state index >= 15 is 0 Å². The first kappa shape index (κ1) is 24.1. The molecule has 30 heavy (non-hydrogen) atoms. The highest BCUT2D eigenvalue weighted by molar-refractivity contribution is 6.41. The smallest absolute Gasteiger partial charge is 0.0668 e.